The van der Waals surface area contributed by atoms with Crippen molar-refractivity contribution in [3.8, 4) is 0 Å². The second-order valence-electron chi connectivity index (χ2n) is 9.48. The number of rotatable bonds is 2. The van der Waals surface area contributed by atoms with E-state index in [1.165, 1.54) is 0 Å². The molecule has 3 aromatic carbocycles. The molecule has 6 rings (SSSR count). The highest BCUT2D eigenvalue weighted by molar-refractivity contribution is 6.40. The molecule has 0 aromatic heterocycles. The Hall–Kier alpha value is -3.92. The smallest absolute Gasteiger partial charge is 0.197 e. The van der Waals surface area contributed by atoms with Crippen LogP contribution in [0.1, 0.15) is 55.7 Å². The molecule has 0 aliphatic heterocycles. The highest BCUT2D eigenvalue weighted by atomic mass is 16.2. The van der Waals surface area contributed by atoms with Gasteiger partial charge in [0.15, 0.2) is 23.1 Å². The number of Topliss-reactive ketones (excluding diaryl/α,β-unsaturated/α-hetero) is 4. The van der Waals surface area contributed by atoms with Crippen molar-refractivity contribution >= 4 is 23.1 Å². The van der Waals surface area contributed by atoms with E-state index in [4.69, 9.17) is 0 Å². The van der Waals surface area contributed by atoms with Gasteiger partial charge >= 0.3 is 0 Å². The largest absolute Gasteiger partial charge is 0.298 e. The molecule has 0 bridgehead atoms. The minimum atomic E-state index is -0.869. The summed E-state index contributed by atoms with van der Waals surface area (Å²) in [4.78, 5) is 54.4. The molecule has 4 unspecified atom stereocenters. The van der Waals surface area contributed by atoms with Crippen LogP contribution < -0.4 is 0 Å². The SMILES string of the molecule is Cc1cccc(C2C(=O)C3C(=C4C(=O)c5ccccc5C4=O)CC(c4ccccc4)C3C2=O)c1. The van der Waals surface area contributed by atoms with Crippen LogP contribution >= 0.6 is 0 Å². The Morgan fingerprint density at radius 2 is 1.29 bits per heavy atom. The van der Waals surface area contributed by atoms with Gasteiger partial charge in [0.1, 0.15) is 5.92 Å². The Morgan fingerprint density at radius 3 is 1.94 bits per heavy atom. The maximum absolute atomic E-state index is 13.9. The molecule has 34 heavy (non-hydrogen) atoms. The Kier molecular flexibility index (Phi) is 4.59. The Balaban J connectivity index is 1.54. The molecule has 0 radical (unpaired) electrons. The van der Waals surface area contributed by atoms with E-state index in [0.29, 0.717) is 28.7 Å². The lowest BCUT2D eigenvalue weighted by Crippen LogP contribution is -2.19. The van der Waals surface area contributed by atoms with Crippen LogP contribution in [0.5, 0.6) is 0 Å². The summed E-state index contributed by atoms with van der Waals surface area (Å²) in [6, 6.07) is 23.9. The fourth-order valence-corrected chi connectivity index (χ4v) is 6.17. The second kappa shape index (κ2) is 7.56. The molecule has 3 aliphatic rings. The molecule has 0 N–H and O–H groups in total. The first-order valence-corrected chi connectivity index (χ1v) is 11.6. The Labute approximate surface area is 197 Å². The summed E-state index contributed by atoms with van der Waals surface area (Å²) in [5.41, 5.74) is 4.01. The number of fused-ring (bicyclic) bond motifs is 2. The van der Waals surface area contributed by atoms with Crippen LogP contribution in [-0.2, 0) is 9.59 Å². The van der Waals surface area contributed by atoms with Gasteiger partial charge < -0.3 is 0 Å². The zero-order valence-electron chi connectivity index (χ0n) is 18.7. The predicted molar refractivity (Wildman–Crippen MR) is 127 cm³/mol. The normalized spacial score (nSPS) is 25.8. The molecule has 4 atom stereocenters. The number of carbonyl (C=O) groups is 4. The van der Waals surface area contributed by atoms with Gasteiger partial charge in [0.05, 0.1) is 11.5 Å². The van der Waals surface area contributed by atoms with Crippen molar-refractivity contribution in [2.24, 2.45) is 11.8 Å². The molecular formula is C30H22O4. The lowest BCUT2D eigenvalue weighted by Gasteiger charge is -2.18. The van der Waals surface area contributed by atoms with Crippen molar-refractivity contribution in [1.82, 2.24) is 0 Å². The van der Waals surface area contributed by atoms with Crippen molar-refractivity contribution in [3.63, 3.8) is 0 Å². The van der Waals surface area contributed by atoms with E-state index in [2.05, 4.69) is 0 Å². The summed E-state index contributed by atoms with van der Waals surface area (Å²) in [6.45, 7) is 1.93. The molecule has 3 aliphatic carbocycles. The van der Waals surface area contributed by atoms with Crippen LogP contribution in [0.15, 0.2) is 90.0 Å². The summed E-state index contributed by atoms with van der Waals surface area (Å²) in [5, 5.41) is 0. The molecule has 0 spiro atoms. The van der Waals surface area contributed by atoms with Crippen molar-refractivity contribution in [2.75, 3.05) is 0 Å². The standard InChI is InChI=1S/C30H22O4/c1-16-8-7-11-18(14-16)23-29(33)24-21(17-9-3-2-4-10-17)15-22(25(24)30(23)34)26-27(31)19-12-5-6-13-20(19)28(26)32/h2-14,21,23-25H,15H2,1H3. The minimum absolute atomic E-state index is 0.0978. The first kappa shape index (κ1) is 20.7. The number of hydrogen-bond acceptors (Lipinski definition) is 4. The van der Waals surface area contributed by atoms with Crippen molar-refractivity contribution < 1.29 is 19.2 Å². The van der Waals surface area contributed by atoms with Gasteiger partial charge in [-0.1, -0.05) is 84.4 Å². The van der Waals surface area contributed by atoms with E-state index in [0.717, 1.165) is 11.1 Å². The predicted octanol–water partition coefficient (Wildman–Crippen LogP) is 5.03. The fraction of sp³-hybridized carbons (Fsp3) is 0.200. The Morgan fingerprint density at radius 1 is 0.676 bits per heavy atom. The van der Waals surface area contributed by atoms with Crippen LogP contribution in [0.25, 0.3) is 0 Å². The van der Waals surface area contributed by atoms with E-state index in [1.807, 2.05) is 61.5 Å². The van der Waals surface area contributed by atoms with Crippen molar-refractivity contribution in [1.29, 1.82) is 0 Å². The van der Waals surface area contributed by atoms with E-state index < -0.39 is 17.8 Å². The lowest BCUT2D eigenvalue weighted by molar-refractivity contribution is -0.125. The highest BCUT2D eigenvalue weighted by Crippen LogP contribution is 2.56. The van der Waals surface area contributed by atoms with Crippen molar-refractivity contribution in [3.05, 3.63) is 118 Å². The van der Waals surface area contributed by atoms with Gasteiger partial charge in [0.25, 0.3) is 0 Å². The van der Waals surface area contributed by atoms with E-state index in [-0.39, 0.29) is 34.6 Å². The average Bonchev–Trinajstić information content (AvgIpc) is 3.44. The molecule has 4 heteroatoms. The number of ketones is 4. The zero-order chi connectivity index (χ0) is 23.6. The molecule has 166 valence electrons. The van der Waals surface area contributed by atoms with Crippen LogP contribution in [0.4, 0.5) is 0 Å². The Bertz CT molecular complexity index is 1390. The molecule has 2 fully saturated rings. The lowest BCUT2D eigenvalue weighted by atomic mass is 9.84. The maximum Gasteiger partial charge on any atom is 0.197 e. The third kappa shape index (κ3) is 2.84. The van der Waals surface area contributed by atoms with Gasteiger partial charge in [0.2, 0.25) is 0 Å². The summed E-state index contributed by atoms with van der Waals surface area (Å²) in [7, 11) is 0. The second-order valence-corrected chi connectivity index (χ2v) is 9.48. The molecule has 3 aromatic rings. The van der Waals surface area contributed by atoms with E-state index >= 15 is 0 Å². The van der Waals surface area contributed by atoms with Gasteiger partial charge in [-0.2, -0.15) is 0 Å². The number of carbonyl (C=O) groups excluding carboxylic acids is 4. The molecule has 0 saturated heterocycles. The third-order valence-corrected chi connectivity index (χ3v) is 7.61. The fourth-order valence-electron chi connectivity index (χ4n) is 6.17. The van der Waals surface area contributed by atoms with Crippen molar-refractivity contribution in [2.45, 2.75) is 25.2 Å². The van der Waals surface area contributed by atoms with E-state index in [9.17, 15) is 19.2 Å². The summed E-state index contributed by atoms with van der Waals surface area (Å²) >= 11 is 0. The van der Waals surface area contributed by atoms with E-state index in [1.54, 1.807) is 24.3 Å². The summed E-state index contributed by atoms with van der Waals surface area (Å²) < 4.78 is 0. The van der Waals surface area contributed by atoms with Gasteiger partial charge in [-0.3, -0.25) is 19.2 Å². The third-order valence-electron chi connectivity index (χ3n) is 7.61. The number of aryl methyl sites for hydroxylation is 1. The van der Waals surface area contributed by atoms with Crippen LogP contribution in [0.3, 0.4) is 0 Å². The average molecular weight is 447 g/mol. The van der Waals surface area contributed by atoms with Crippen LogP contribution in [0.2, 0.25) is 0 Å². The number of benzene rings is 3. The number of allylic oxidation sites excluding steroid dienone is 2. The molecule has 0 heterocycles. The van der Waals surface area contributed by atoms with Gasteiger partial charge in [0, 0.05) is 17.0 Å². The summed E-state index contributed by atoms with van der Waals surface area (Å²) in [6.07, 6.45) is 0.359. The van der Waals surface area contributed by atoms with Gasteiger partial charge in [-0.25, -0.2) is 0 Å². The maximum atomic E-state index is 13.9. The first-order valence-electron chi connectivity index (χ1n) is 11.6. The van der Waals surface area contributed by atoms with Gasteiger partial charge in [-0.05, 0) is 36.0 Å². The molecular weight excluding hydrogens is 424 g/mol. The minimum Gasteiger partial charge on any atom is -0.298 e. The highest BCUT2D eigenvalue weighted by Gasteiger charge is 2.59. The van der Waals surface area contributed by atoms with Crippen LogP contribution in [-0.4, -0.2) is 23.1 Å². The number of hydrogen-bond donors (Lipinski definition) is 0. The molecule has 2 saturated carbocycles. The molecule has 0 amide bonds. The topological polar surface area (TPSA) is 68.3 Å². The summed E-state index contributed by atoms with van der Waals surface area (Å²) in [5.74, 6) is -3.41. The quantitative estimate of drug-likeness (QED) is 0.315. The zero-order valence-corrected chi connectivity index (χ0v) is 18.7. The monoisotopic (exact) mass is 446 g/mol. The van der Waals surface area contributed by atoms with Gasteiger partial charge in [-0.15, -0.1) is 0 Å². The molecule has 4 nitrogen and oxygen atoms in total. The van der Waals surface area contributed by atoms with Crippen LogP contribution in [0, 0.1) is 18.8 Å². The first-order chi connectivity index (χ1) is 16.5.